The SMILES string of the molecule is Cc1ccc(CCCC(=O)Nc2ccc3nc(C(C)C)oc3c2)cc1. The number of oxazole rings is 1. The van der Waals surface area contributed by atoms with Crippen LogP contribution in [0.2, 0.25) is 0 Å². The van der Waals surface area contributed by atoms with Crippen LogP contribution in [0.1, 0.15) is 49.6 Å². The summed E-state index contributed by atoms with van der Waals surface area (Å²) in [5, 5.41) is 2.94. The Bertz CT molecular complexity index is 863. The Hall–Kier alpha value is -2.62. The van der Waals surface area contributed by atoms with Crippen molar-refractivity contribution in [3.63, 3.8) is 0 Å². The normalized spacial score (nSPS) is 11.2. The van der Waals surface area contributed by atoms with Crippen LogP contribution in [0.15, 0.2) is 46.9 Å². The summed E-state index contributed by atoms with van der Waals surface area (Å²) in [5.41, 5.74) is 4.80. The zero-order valence-corrected chi connectivity index (χ0v) is 15.0. The molecule has 1 heterocycles. The number of nitrogens with zero attached hydrogens (tertiary/aromatic N) is 1. The van der Waals surface area contributed by atoms with Crippen LogP contribution in [0, 0.1) is 6.92 Å². The standard InChI is InChI=1S/C21H24N2O2/c1-14(2)21-23-18-12-11-17(13-19(18)25-21)22-20(24)6-4-5-16-9-7-15(3)8-10-16/h7-14H,4-6H2,1-3H3,(H,22,24). The number of nitrogens with one attached hydrogen (secondary N) is 1. The van der Waals surface area contributed by atoms with Crippen molar-refractivity contribution < 1.29 is 9.21 Å². The van der Waals surface area contributed by atoms with Crippen molar-refractivity contribution in [3.8, 4) is 0 Å². The third kappa shape index (κ3) is 4.47. The van der Waals surface area contributed by atoms with Crippen LogP contribution in [0.3, 0.4) is 0 Å². The summed E-state index contributed by atoms with van der Waals surface area (Å²) in [4.78, 5) is 16.6. The lowest BCUT2D eigenvalue weighted by Gasteiger charge is -2.05. The van der Waals surface area contributed by atoms with Crippen molar-refractivity contribution in [3.05, 3.63) is 59.5 Å². The minimum absolute atomic E-state index is 0.0232. The summed E-state index contributed by atoms with van der Waals surface area (Å²) in [5.74, 6) is 0.985. The molecule has 1 aromatic heterocycles. The molecule has 0 saturated heterocycles. The van der Waals surface area contributed by atoms with E-state index < -0.39 is 0 Å². The van der Waals surface area contributed by atoms with Gasteiger partial charge >= 0.3 is 0 Å². The Kier molecular flexibility index (Phi) is 5.17. The van der Waals surface area contributed by atoms with Crippen LogP contribution >= 0.6 is 0 Å². The van der Waals surface area contributed by atoms with Gasteiger partial charge in [0.2, 0.25) is 5.91 Å². The summed E-state index contributed by atoms with van der Waals surface area (Å²) in [7, 11) is 0. The van der Waals surface area contributed by atoms with Gasteiger partial charge in [0.05, 0.1) is 0 Å². The molecule has 1 N–H and O–H groups in total. The summed E-state index contributed by atoms with van der Waals surface area (Å²) in [6.07, 6.45) is 2.24. The maximum atomic E-state index is 12.1. The Labute approximate surface area is 148 Å². The molecule has 0 spiro atoms. The fourth-order valence-electron chi connectivity index (χ4n) is 2.70. The molecule has 0 fully saturated rings. The predicted molar refractivity (Wildman–Crippen MR) is 101 cm³/mol. The zero-order chi connectivity index (χ0) is 17.8. The minimum Gasteiger partial charge on any atom is -0.440 e. The highest BCUT2D eigenvalue weighted by Gasteiger charge is 2.10. The third-order valence-electron chi connectivity index (χ3n) is 4.17. The lowest BCUT2D eigenvalue weighted by Crippen LogP contribution is -2.11. The van der Waals surface area contributed by atoms with Gasteiger partial charge in [0.15, 0.2) is 11.5 Å². The number of anilines is 1. The van der Waals surface area contributed by atoms with Gasteiger partial charge in [-0.3, -0.25) is 4.79 Å². The van der Waals surface area contributed by atoms with Gasteiger partial charge in [0.25, 0.3) is 0 Å². The highest BCUT2D eigenvalue weighted by molar-refractivity contribution is 5.92. The fraction of sp³-hybridized carbons (Fsp3) is 0.333. The molecule has 25 heavy (non-hydrogen) atoms. The van der Waals surface area contributed by atoms with E-state index in [0.717, 1.165) is 29.9 Å². The molecule has 0 saturated carbocycles. The second-order valence-corrected chi connectivity index (χ2v) is 6.78. The summed E-state index contributed by atoms with van der Waals surface area (Å²) in [6.45, 7) is 6.16. The lowest BCUT2D eigenvalue weighted by atomic mass is 10.1. The Morgan fingerprint density at radius 2 is 1.92 bits per heavy atom. The van der Waals surface area contributed by atoms with Crippen molar-refractivity contribution in [2.45, 2.75) is 46.0 Å². The molecular weight excluding hydrogens is 312 g/mol. The van der Waals surface area contributed by atoms with Crippen molar-refractivity contribution in [1.29, 1.82) is 0 Å². The van der Waals surface area contributed by atoms with Crippen molar-refractivity contribution in [2.24, 2.45) is 0 Å². The molecule has 0 radical (unpaired) electrons. The lowest BCUT2D eigenvalue weighted by molar-refractivity contribution is -0.116. The van der Waals surface area contributed by atoms with E-state index in [2.05, 4.69) is 41.5 Å². The van der Waals surface area contributed by atoms with Gasteiger partial charge in [0.1, 0.15) is 5.52 Å². The first kappa shape index (κ1) is 17.2. The Morgan fingerprint density at radius 3 is 2.64 bits per heavy atom. The maximum absolute atomic E-state index is 12.1. The van der Waals surface area contributed by atoms with Crippen LogP contribution in [-0.4, -0.2) is 10.9 Å². The third-order valence-corrected chi connectivity index (χ3v) is 4.17. The second-order valence-electron chi connectivity index (χ2n) is 6.78. The number of amides is 1. The van der Waals surface area contributed by atoms with Crippen molar-refractivity contribution in [1.82, 2.24) is 4.98 Å². The number of aromatic nitrogens is 1. The van der Waals surface area contributed by atoms with Crippen LogP contribution in [0.5, 0.6) is 0 Å². The minimum atomic E-state index is 0.0232. The predicted octanol–water partition coefficient (Wildman–Crippen LogP) is 5.22. The van der Waals surface area contributed by atoms with Crippen LogP contribution < -0.4 is 5.32 Å². The molecule has 0 aliphatic rings. The molecule has 0 aliphatic heterocycles. The van der Waals surface area contributed by atoms with Gasteiger partial charge in [-0.2, -0.15) is 0 Å². The smallest absolute Gasteiger partial charge is 0.224 e. The maximum Gasteiger partial charge on any atom is 0.224 e. The quantitative estimate of drug-likeness (QED) is 0.671. The second kappa shape index (κ2) is 7.51. The summed E-state index contributed by atoms with van der Waals surface area (Å²) >= 11 is 0. The van der Waals surface area contributed by atoms with Crippen LogP contribution in [-0.2, 0) is 11.2 Å². The van der Waals surface area contributed by atoms with Gasteiger partial charge in [-0.05, 0) is 37.5 Å². The first-order valence-corrected chi connectivity index (χ1v) is 8.77. The van der Waals surface area contributed by atoms with Gasteiger partial charge in [-0.15, -0.1) is 0 Å². The number of rotatable bonds is 6. The van der Waals surface area contributed by atoms with E-state index in [4.69, 9.17) is 4.42 Å². The largest absolute Gasteiger partial charge is 0.440 e. The monoisotopic (exact) mass is 336 g/mol. The van der Waals surface area contributed by atoms with E-state index in [1.807, 2.05) is 32.0 Å². The average Bonchev–Trinajstić information content (AvgIpc) is 3.00. The molecule has 4 heteroatoms. The number of hydrogen-bond acceptors (Lipinski definition) is 3. The molecule has 3 aromatic rings. The van der Waals surface area contributed by atoms with Crippen molar-refractivity contribution >= 4 is 22.7 Å². The van der Waals surface area contributed by atoms with Gasteiger partial charge in [0, 0.05) is 24.1 Å². The molecule has 130 valence electrons. The van der Waals surface area contributed by atoms with Gasteiger partial charge in [-0.25, -0.2) is 4.98 Å². The van der Waals surface area contributed by atoms with E-state index in [1.54, 1.807) is 0 Å². The molecule has 4 nitrogen and oxygen atoms in total. The van der Waals surface area contributed by atoms with E-state index >= 15 is 0 Å². The number of benzene rings is 2. The zero-order valence-electron chi connectivity index (χ0n) is 15.0. The number of aryl methyl sites for hydroxylation is 2. The van der Waals surface area contributed by atoms with E-state index in [1.165, 1.54) is 11.1 Å². The number of hydrogen-bond donors (Lipinski definition) is 1. The molecule has 1 amide bonds. The van der Waals surface area contributed by atoms with Crippen molar-refractivity contribution in [2.75, 3.05) is 5.32 Å². The summed E-state index contributed by atoms with van der Waals surface area (Å²) in [6, 6.07) is 14.0. The molecular formula is C21H24N2O2. The fourth-order valence-corrected chi connectivity index (χ4v) is 2.70. The molecule has 0 atom stereocenters. The average molecular weight is 336 g/mol. The van der Waals surface area contributed by atoms with Gasteiger partial charge in [-0.1, -0.05) is 43.7 Å². The first-order chi connectivity index (χ1) is 12.0. The Morgan fingerprint density at radius 1 is 1.16 bits per heavy atom. The highest BCUT2D eigenvalue weighted by atomic mass is 16.3. The van der Waals surface area contributed by atoms with Crippen LogP contribution in [0.4, 0.5) is 5.69 Å². The molecule has 0 aliphatic carbocycles. The highest BCUT2D eigenvalue weighted by Crippen LogP contribution is 2.24. The molecule has 3 rings (SSSR count). The Balaban J connectivity index is 1.55. The first-order valence-electron chi connectivity index (χ1n) is 8.77. The summed E-state index contributed by atoms with van der Waals surface area (Å²) < 4.78 is 5.74. The molecule has 0 unspecified atom stereocenters. The van der Waals surface area contributed by atoms with E-state index in [9.17, 15) is 4.79 Å². The number of carbonyl (C=O) groups excluding carboxylic acids is 1. The number of carbonyl (C=O) groups is 1. The topological polar surface area (TPSA) is 55.1 Å². The number of fused-ring (bicyclic) bond motifs is 1. The van der Waals surface area contributed by atoms with Crippen LogP contribution in [0.25, 0.3) is 11.1 Å². The molecule has 2 aromatic carbocycles. The van der Waals surface area contributed by atoms with Gasteiger partial charge < -0.3 is 9.73 Å². The molecule has 0 bridgehead atoms. The van der Waals surface area contributed by atoms with E-state index in [-0.39, 0.29) is 11.8 Å². The van der Waals surface area contributed by atoms with E-state index in [0.29, 0.717) is 12.0 Å².